The molecule has 77 heavy (non-hydrogen) atoms. The van der Waals surface area contributed by atoms with Gasteiger partial charge in [-0.2, -0.15) is 0 Å². The number of aromatic nitrogens is 4. The van der Waals surface area contributed by atoms with E-state index in [-0.39, 0.29) is 0 Å². The maximum atomic E-state index is 2.48. The van der Waals surface area contributed by atoms with E-state index in [1.54, 1.807) is 0 Å². The van der Waals surface area contributed by atoms with Crippen molar-refractivity contribution in [2.45, 2.75) is 0 Å². The average Bonchev–Trinajstić information content (AvgIpc) is 4.40. The first-order valence-corrected chi connectivity index (χ1v) is 28.6. The maximum absolute atomic E-state index is 2.69. The number of nitrogens with zero attached hydrogens (tertiary/aromatic N) is 4. The monoisotopic (exact) mass is 996 g/mol. The minimum atomic E-state index is -2.69. The van der Waals surface area contributed by atoms with Crippen LogP contribution in [0.5, 0.6) is 0 Å². The Morgan fingerprint density at radius 1 is 0.195 bits per heavy atom. The van der Waals surface area contributed by atoms with Gasteiger partial charge in [0.05, 0.1) is 44.1 Å². The second-order valence-corrected chi connectivity index (χ2v) is 24.2. The van der Waals surface area contributed by atoms with Gasteiger partial charge in [0.25, 0.3) is 0 Å². The Morgan fingerprint density at radius 2 is 0.519 bits per heavy atom. The van der Waals surface area contributed by atoms with Crippen LogP contribution in [0.2, 0.25) is 0 Å². The first kappa shape index (κ1) is 43.5. The smallest absolute Gasteiger partial charge is 0.179 e. The van der Waals surface area contributed by atoms with Gasteiger partial charge in [-0.3, -0.25) is 0 Å². The van der Waals surface area contributed by atoms with Crippen molar-refractivity contribution in [1.82, 2.24) is 18.3 Å². The number of para-hydroxylation sites is 5. The molecule has 4 nitrogen and oxygen atoms in total. The van der Waals surface area contributed by atoms with Crippen LogP contribution >= 0.6 is 0 Å². The Balaban J connectivity index is 0.858. The van der Waals surface area contributed by atoms with Crippen LogP contribution in [0.15, 0.2) is 291 Å². The average molecular weight is 997 g/mol. The molecule has 0 aliphatic heterocycles. The molecule has 0 saturated carbocycles. The van der Waals surface area contributed by atoms with E-state index in [9.17, 15) is 0 Å². The number of benzene rings is 12. The Kier molecular flexibility index (Phi) is 9.62. The van der Waals surface area contributed by atoms with E-state index in [1.807, 2.05) is 0 Å². The zero-order valence-corrected chi connectivity index (χ0v) is 43.0. The Hall–Kier alpha value is -9.94. The van der Waals surface area contributed by atoms with Gasteiger partial charge >= 0.3 is 0 Å². The fraction of sp³-hybridized carbons (Fsp3) is 0. The van der Waals surface area contributed by atoms with Crippen LogP contribution in [0.4, 0.5) is 0 Å². The molecule has 4 aromatic heterocycles. The lowest BCUT2D eigenvalue weighted by molar-refractivity contribution is 1.16. The van der Waals surface area contributed by atoms with Crippen LogP contribution in [0.25, 0.3) is 110 Å². The molecule has 0 aliphatic carbocycles. The highest BCUT2D eigenvalue weighted by molar-refractivity contribution is 7.19. The third-order valence-electron chi connectivity index (χ3n) is 16.5. The van der Waals surface area contributed by atoms with E-state index in [0.717, 1.165) is 22.7 Å². The number of hydrogen-bond donors (Lipinski definition) is 0. The van der Waals surface area contributed by atoms with Crippen LogP contribution in [0, 0.1) is 0 Å². The van der Waals surface area contributed by atoms with Crippen LogP contribution < -0.4 is 20.7 Å². The molecule has 16 rings (SSSR count). The summed E-state index contributed by atoms with van der Waals surface area (Å²) < 4.78 is 9.85. The van der Waals surface area contributed by atoms with Gasteiger partial charge in [-0.05, 0) is 112 Å². The summed E-state index contributed by atoms with van der Waals surface area (Å²) in [7, 11) is -2.69. The van der Waals surface area contributed by atoms with Gasteiger partial charge < -0.3 is 18.3 Å². The molecular weight excluding hydrogens is 949 g/mol. The molecule has 16 aromatic rings. The zero-order valence-electron chi connectivity index (χ0n) is 42.0. The Morgan fingerprint density at radius 3 is 1.03 bits per heavy atom. The molecule has 4 heterocycles. The van der Waals surface area contributed by atoms with Gasteiger partial charge in [0.15, 0.2) is 8.07 Å². The highest BCUT2D eigenvalue weighted by atomic mass is 28.3. The Bertz CT molecular complexity index is 4850. The molecule has 0 bridgehead atoms. The zero-order chi connectivity index (χ0) is 50.6. The summed E-state index contributed by atoms with van der Waals surface area (Å²) in [6, 6.07) is 108. The molecule has 0 atom stereocenters. The number of rotatable bonds is 8. The molecule has 0 amide bonds. The quantitative estimate of drug-likeness (QED) is 0.107. The summed E-state index contributed by atoms with van der Waals surface area (Å²) in [5.74, 6) is 0. The standard InChI is InChI=1S/C72H48N4Si/c1-5-21-49(22-6-1)76-66-35-19-13-29-57(66)60-43-46-70-71(72(60)76)61-32-16-20-36-67(61)75(70)52-40-45-69-63(48-52)59-31-15-18-34-65(59)74(69)51-39-44-68-62(47-51)58-30-14-17-33-64(58)73(68)50-37-41-56(42-38-50)77(53-23-7-2-8-24-53,54-25-9-3-10-26-54)55-27-11-4-12-28-55/h1-48H. The van der Waals surface area contributed by atoms with Crippen molar-refractivity contribution in [3.63, 3.8) is 0 Å². The third kappa shape index (κ3) is 6.32. The molecule has 0 saturated heterocycles. The Labute approximate surface area is 445 Å². The van der Waals surface area contributed by atoms with Gasteiger partial charge in [-0.25, -0.2) is 0 Å². The largest absolute Gasteiger partial charge is 0.309 e. The van der Waals surface area contributed by atoms with Crippen molar-refractivity contribution in [1.29, 1.82) is 0 Å². The van der Waals surface area contributed by atoms with Crippen LogP contribution in [0.1, 0.15) is 0 Å². The van der Waals surface area contributed by atoms with Gasteiger partial charge in [0, 0.05) is 65.8 Å². The molecule has 5 heteroatoms. The SMILES string of the molecule is c1ccc(-n2c3ccccc3c3ccc4c(c5ccccc5n4-c4ccc5c(c4)c4ccccc4n5-c4ccc5c(c4)c4ccccc4n5-c4ccc([Si](c5ccccc5)(c5ccccc5)c5ccccc5)cc4)c32)cc1. The second kappa shape index (κ2) is 17.0. The lowest BCUT2D eigenvalue weighted by Gasteiger charge is -2.34. The minimum Gasteiger partial charge on any atom is -0.309 e. The van der Waals surface area contributed by atoms with Crippen molar-refractivity contribution in [2.24, 2.45) is 0 Å². The molecular formula is C72H48N4Si. The van der Waals surface area contributed by atoms with Gasteiger partial charge in [-0.15, -0.1) is 0 Å². The molecule has 0 N–H and O–H groups in total. The van der Waals surface area contributed by atoms with Crippen LogP contribution in [-0.2, 0) is 0 Å². The van der Waals surface area contributed by atoms with Crippen molar-refractivity contribution in [3.8, 4) is 22.7 Å². The minimum absolute atomic E-state index is 1.13. The molecule has 0 radical (unpaired) electrons. The van der Waals surface area contributed by atoms with E-state index >= 15 is 0 Å². The number of hydrogen-bond acceptors (Lipinski definition) is 0. The third-order valence-corrected chi connectivity index (χ3v) is 21.3. The van der Waals surface area contributed by atoms with E-state index in [4.69, 9.17) is 0 Å². The van der Waals surface area contributed by atoms with Crippen molar-refractivity contribution in [2.75, 3.05) is 0 Å². The topological polar surface area (TPSA) is 19.7 Å². The predicted molar refractivity (Wildman–Crippen MR) is 327 cm³/mol. The molecule has 0 aliphatic rings. The fourth-order valence-electron chi connectivity index (χ4n) is 13.3. The molecule has 0 spiro atoms. The molecule has 0 fully saturated rings. The van der Waals surface area contributed by atoms with Crippen LogP contribution in [0.3, 0.4) is 0 Å². The first-order valence-electron chi connectivity index (χ1n) is 26.6. The summed E-state index contributed by atoms with van der Waals surface area (Å²) in [5.41, 5.74) is 14.1. The summed E-state index contributed by atoms with van der Waals surface area (Å²) in [5, 5.41) is 15.3. The lowest BCUT2D eigenvalue weighted by atomic mass is 10.1. The first-order chi connectivity index (χ1) is 38.2. The van der Waals surface area contributed by atoms with Gasteiger partial charge in [0.1, 0.15) is 0 Å². The molecule has 12 aromatic carbocycles. The van der Waals surface area contributed by atoms with E-state index < -0.39 is 8.07 Å². The van der Waals surface area contributed by atoms with Gasteiger partial charge in [0.2, 0.25) is 0 Å². The summed E-state index contributed by atoms with van der Waals surface area (Å²) in [6.07, 6.45) is 0. The van der Waals surface area contributed by atoms with Crippen LogP contribution in [-0.4, -0.2) is 26.3 Å². The van der Waals surface area contributed by atoms with E-state index in [1.165, 1.54) is 108 Å². The van der Waals surface area contributed by atoms with Crippen molar-refractivity contribution >= 4 is 116 Å². The van der Waals surface area contributed by atoms with Crippen molar-refractivity contribution in [3.05, 3.63) is 291 Å². The molecule has 360 valence electrons. The summed E-state index contributed by atoms with van der Waals surface area (Å²) in [4.78, 5) is 0. The molecule has 0 unspecified atom stereocenters. The second-order valence-electron chi connectivity index (χ2n) is 20.4. The van der Waals surface area contributed by atoms with E-state index in [0.29, 0.717) is 0 Å². The fourth-order valence-corrected chi connectivity index (χ4v) is 18.1. The highest BCUT2D eigenvalue weighted by Gasteiger charge is 2.41. The van der Waals surface area contributed by atoms with E-state index in [2.05, 4.69) is 309 Å². The van der Waals surface area contributed by atoms with Crippen molar-refractivity contribution < 1.29 is 0 Å². The summed E-state index contributed by atoms with van der Waals surface area (Å²) in [6.45, 7) is 0. The normalized spacial score (nSPS) is 12.2. The summed E-state index contributed by atoms with van der Waals surface area (Å²) >= 11 is 0. The lowest BCUT2D eigenvalue weighted by Crippen LogP contribution is -2.74. The maximum Gasteiger partial charge on any atom is 0.179 e. The highest BCUT2D eigenvalue weighted by Crippen LogP contribution is 2.43. The van der Waals surface area contributed by atoms with Gasteiger partial charge in [-0.1, -0.05) is 200 Å². The predicted octanol–water partition coefficient (Wildman–Crippen LogP) is 15.5. The number of fused-ring (bicyclic) bond motifs is 13.